The van der Waals surface area contributed by atoms with Crippen LogP contribution in [0, 0.1) is 6.92 Å². The maximum Gasteiger partial charge on any atom is 0.329 e. The van der Waals surface area contributed by atoms with E-state index in [2.05, 4.69) is 10.3 Å². The molecule has 0 fully saturated rings. The monoisotopic (exact) mass is 437 g/mol. The molecule has 1 atom stereocenters. The summed E-state index contributed by atoms with van der Waals surface area (Å²) in [7, 11) is 0. The van der Waals surface area contributed by atoms with E-state index in [-0.39, 0.29) is 24.3 Å². The number of esters is 1. The van der Waals surface area contributed by atoms with Gasteiger partial charge in [-0.2, -0.15) is 0 Å². The molecule has 9 heteroatoms. The van der Waals surface area contributed by atoms with Gasteiger partial charge in [-0.05, 0) is 24.6 Å². The summed E-state index contributed by atoms with van der Waals surface area (Å²) in [6, 6.07) is 12.8. The zero-order chi connectivity index (χ0) is 21.8. The number of furan rings is 1. The first-order valence-corrected chi connectivity index (χ1v) is 10.4. The Morgan fingerprint density at radius 1 is 1.23 bits per heavy atom. The lowest BCUT2D eigenvalue weighted by Gasteiger charge is -2.17. The molecule has 0 bridgehead atoms. The topological polar surface area (TPSA) is 103 Å². The van der Waals surface area contributed by atoms with Crippen LogP contribution in [-0.4, -0.2) is 27.3 Å². The fourth-order valence-electron chi connectivity index (χ4n) is 3.10. The highest BCUT2D eigenvalue weighted by molar-refractivity contribution is 7.15. The number of aryl methyl sites for hydroxylation is 1. The number of thiazole rings is 1. The Balaban J connectivity index is 1.49. The van der Waals surface area contributed by atoms with Gasteiger partial charge in [0, 0.05) is 23.6 Å². The molecule has 4 rings (SSSR count). The summed E-state index contributed by atoms with van der Waals surface area (Å²) in [5, 5.41) is 4.49. The lowest BCUT2D eigenvalue weighted by molar-refractivity contribution is -0.147. The molecule has 1 amide bonds. The van der Waals surface area contributed by atoms with Gasteiger partial charge < -0.3 is 14.5 Å². The van der Waals surface area contributed by atoms with Gasteiger partial charge in [0.1, 0.15) is 12.6 Å². The zero-order valence-corrected chi connectivity index (χ0v) is 17.4. The third-order valence-electron chi connectivity index (χ3n) is 4.61. The third kappa shape index (κ3) is 4.72. The van der Waals surface area contributed by atoms with Crippen LogP contribution in [0.4, 0.5) is 0 Å². The van der Waals surface area contributed by atoms with Crippen molar-refractivity contribution in [3.63, 3.8) is 0 Å². The van der Waals surface area contributed by atoms with Crippen molar-refractivity contribution in [3.8, 4) is 0 Å². The second-order valence-electron chi connectivity index (χ2n) is 6.88. The largest absolute Gasteiger partial charge is 0.459 e. The van der Waals surface area contributed by atoms with E-state index in [4.69, 9.17) is 9.15 Å². The summed E-state index contributed by atoms with van der Waals surface area (Å²) in [6.07, 6.45) is 1.62. The van der Waals surface area contributed by atoms with Crippen LogP contribution < -0.4 is 10.9 Å². The average molecular weight is 437 g/mol. The number of benzene rings is 1. The highest BCUT2D eigenvalue weighted by atomic mass is 32.1. The number of hydrogen-bond acceptors (Lipinski definition) is 7. The number of rotatable bonds is 7. The molecular formula is C22H19N3O5S. The number of fused-ring (bicyclic) bond motifs is 1. The Hall–Kier alpha value is -3.72. The Bertz CT molecular complexity index is 1260. The number of carbonyl (C=O) groups is 2. The standard InChI is InChI=1S/C22H19N3O5S/c1-14-13-31-22-23-16(11-19(26)25(14)22)12-30-21(28)17(10-15-6-3-2-4-7-15)24-20(27)18-8-5-9-29-18/h2-9,11,13,17H,10,12H2,1H3,(H,24,27). The van der Waals surface area contributed by atoms with Crippen LogP contribution in [0.2, 0.25) is 0 Å². The molecule has 0 saturated carbocycles. The number of amides is 1. The molecule has 0 aliphatic carbocycles. The molecule has 0 saturated heterocycles. The van der Waals surface area contributed by atoms with Gasteiger partial charge in [-0.15, -0.1) is 11.3 Å². The smallest absolute Gasteiger partial charge is 0.329 e. The minimum atomic E-state index is -0.936. The Morgan fingerprint density at radius 2 is 2.03 bits per heavy atom. The van der Waals surface area contributed by atoms with Gasteiger partial charge in [0.05, 0.1) is 12.0 Å². The molecule has 0 aliphatic rings. The van der Waals surface area contributed by atoms with Crippen LogP contribution in [0.15, 0.2) is 69.4 Å². The Morgan fingerprint density at radius 3 is 2.77 bits per heavy atom. The SMILES string of the molecule is Cc1csc2nc(COC(=O)C(Cc3ccccc3)NC(=O)c3ccco3)cc(=O)n12. The van der Waals surface area contributed by atoms with Crippen LogP contribution in [0.25, 0.3) is 4.96 Å². The molecule has 0 radical (unpaired) electrons. The van der Waals surface area contributed by atoms with Gasteiger partial charge in [0.15, 0.2) is 10.7 Å². The van der Waals surface area contributed by atoms with E-state index in [0.29, 0.717) is 10.7 Å². The van der Waals surface area contributed by atoms with Crippen LogP contribution in [0.5, 0.6) is 0 Å². The lowest BCUT2D eigenvalue weighted by atomic mass is 10.1. The molecule has 31 heavy (non-hydrogen) atoms. The van der Waals surface area contributed by atoms with Crippen molar-refractivity contribution in [2.24, 2.45) is 0 Å². The molecule has 3 aromatic heterocycles. The van der Waals surface area contributed by atoms with Crippen LogP contribution in [-0.2, 0) is 22.6 Å². The minimum Gasteiger partial charge on any atom is -0.459 e. The number of aromatic nitrogens is 2. The van der Waals surface area contributed by atoms with Crippen molar-refractivity contribution in [1.82, 2.24) is 14.7 Å². The molecule has 1 N–H and O–H groups in total. The maximum absolute atomic E-state index is 12.8. The maximum atomic E-state index is 12.8. The van der Waals surface area contributed by atoms with Crippen molar-refractivity contribution in [2.75, 3.05) is 0 Å². The number of carbonyl (C=O) groups excluding carboxylic acids is 2. The molecule has 158 valence electrons. The van der Waals surface area contributed by atoms with Gasteiger partial charge in [-0.1, -0.05) is 30.3 Å². The van der Waals surface area contributed by atoms with E-state index in [1.54, 1.807) is 6.07 Å². The third-order valence-corrected chi connectivity index (χ3v) is 5.55. The van der Waals surface area contributed by atoms with Gasteiger partial charge in [0.2, 0.25) is 0 Å². The van der Waals surface area contributed by atoms with Crippen molar-refractivity contribution >= 4 is 28.2 Å². The Kier molecular flexibility index (Phi) is 5.94. The highest BCUT2D eigenvalue weighted by Gasteiger charge is 2.25. The second kappa shape index (κ2) is 8.97. The van der Waals surface area contributed by atoms with E-state index in [9.17, 15) is 14.4 Å². The zero-order valence-electron chi connectivity index (χ0n) is 16.6. The first-order chi connectivity index (χ1) is 15.0. The van der Waals surface area contributed by atoms with Gasteiger partial charge >= 0.3 is 5.97 Å². The van der Waals surface area contributed by atoms with Crippen molar-refractivity contribution in [3.05, 3.63) is 93.2 Å². The summed E-state index contributed by atoms with van der Waals surface area (Å²) in [5.74, 6) is -1.05. The quantitative estimate of drug-likeness (QED) is 0.446. The predicted molar refractivity (Wildman–Crippen MR) is 114 cm³/mol. The van der Waals surface area contributed by atoms with E-state index in [1.165, 1.54) is 34.1 Å². The first-order valence-electron chi connectivity index (χ1n) is 9.53. The van der Waals surface area contributed by atoms with Gasteiger partial charge in [-0.25, -0.2) is 9.78 Å². The van der Waals surface area contributed by atoms with Crippen molar-refractivity contribution in [1.29, 1.82) is 0 Å². The van der Waals surface area contributed by atoms with Gasteiger partial charge in [0.25, 0.3) is 11.5 Å². The summed E-state index contributed by atoms with van der Waals surface area (Å²) in [4.78, 5) is 42.4. The number of hydrogen-bond donors (Lipinski definition) is 1. The highest BCUT2D eigenvalue weighted by Crippen LogP contribution is 2.13. The van der Waals surface area contributed by atoms with Gasteiger partial charge in [-0.3, -0.25) is 14.0 Å². The fourth-order valence-corrected chi connectivity index (χ4v) is 3.99. The number of nitrogens with zero attached hydrogens (tertiary/aromatic N) is 2. The first kappa shape index (κ1) is 20.5. The molecule has 1 unspecified atom stereocenters. The normalized spacial score (nSPS) is 11.9. The lowest BCUT2D eigenvalue weighted by Crippen LogP contribution is -2.43. The summed E-state index contributed by atoms with van der Waals surface area (Å²) in [6.45, 7) is 1.64. The van der Waals surface area contributed by atoms with E-state index < -0.39 is 17.9 Å². The summed E-state index contributed by atoms with van der Waals surface area (Å²) in [5.41, 5.74) is 1.76. The van der Waals surface area contributed by atoms with E-state index in [1.807, 2.05) is 42.6 Å². The van der Waals surface area contributed by atoms with Crippen LogP contribution in [0.1, 0.15) is 27.5 Å². The summed E-state index contributed by atoms with van der Waals surface area (Å²) < 4.78 is 12.0. The molecule has 1 aromatic carbocycles. The van der Waals surface area contributed by atoms with Crippen molar-refractivity contribution in [2.45, 2.75) is 26.0 Å². The Labute approximate surface area is 181 Å². The van der Waals surface area contributed by atoms with E-state index >= 15 is 0 Å². The molecule has 0 spiro atoms. The molecule has 4 aromatic rings. The molecule has 8 nitrogen and oxygen atoms in total. The molecular weight excluding hydrogens is 418 g/mol. The summed E-state index contributed by atoms with van der Waals surface area (Å²) >= 11 is 1.34. The van der Waals surface area contributed by atoms with Crippen LogP contribution in [0.3, 0.4) is 0 Å². The molecule has 0 aliphatic heterocycles. The second-order valence-corrected chi connectivity index (χ2v) is 7.72. The van der Waals surface area contributed by atoms with Crippen molar-refractivity contribution < 1.29 is 18.7 Å². The number of ether oxygens (including phenoxy) is 1. The van der Waals surface area contributed by atoms with E-state index in [0.717, 1.165) is 11.3 Å². The fraction of sp³-hybridized carbons (Fsp3) is 0.182. The van der Waals surface area contributed by atoms with Crippen LogP contribution >= 0.6 is 11.3 Å². The molecule has 3 heterocycles. The minimum absolute atomic E-state index is 0.0964. The number of nitrogens with one attached hydrogen (secondary N) is 1. The average Bonchev–Trinajstić information content (AvgIpc) is 3.43. The predicted octanol–water partition coefficient (Wildman–Crippen LogP) is 2.74.